The highest BCUT2D eigenvalue weighted by Crippen LogP contribution is 2.34. The van der Waals surface area contributed by atoms with Crippen molar-refractivity contribution >= 4 is 0 Å². The molecule has 0 spiro atoms. The molecule has 35 heavy (non-hydrogen) atoms. The number of hydrogen-bond donors (Lipinski definition) is 1. The molecule has 2 aromatic heterocycles. The van der Waals surface area contributed by atoms with E-state index in [0.717, 1.165) is 40.3 Å². The number of aliphatic hydroxyl groups is 1. The van der Waals surface area contributed by atoms with E-state index in [1.807, 2.05) is 74.6 Å². The summed E-state index contributed by atoms with van der Waals surface area (Å²) in [5.41, 5.74) is 3.96. The third kappa shape index (κ3) is 6.50. The summed E-state index contributed by atoms with van der Waals surface area (Å²) in [6.45, 7) is 7.40. The topological polar surface area (TPSA) is 63.7 Å². The van der Waals surface area contributed by atoms with Crippen molar-refractivity contribution in [3.8, 4) is 22.9 Å². The molecule has 0 radical (unpaired) electrons. The largest absolute Gasteiger partial charge is 0.468 e. The Kier molecular flexibility index (Phi) is 8.19. The van der Waals surface area contributed by atoms with Crippen LogP contribution in [0.5, 0.6) is 11.6 Å². The summed E-state index contributed by atoms with van der Waals surface area (Å²) in [5, 5.41) is 15.6. The van der Waals surface area contributed by atoms with Crippen LogP contribution in [0.4, 0.5) is 0 Å². The van der Waals surface area contributed by atoms with Crippen LogP contribution in [0.25, 0.3) is 11.3 Å². The van der Waals surface area contributed by atoms with Crippen LogP contribution in [0.1, 0.15) is 29.7 Å². The van der Waals surface area contributed by atoms with E-state index in [9.17, 15) is 5.11 Å². The highest BCUT2D eigenvalue weighted by Gasteiger charge is 2.24. The molecule has 0 aliphatic heterocycles. The number of aryl methyl sites for hydroxylation is 2. The Morgan fingerprint density at radius 2 is 1.94 bits per heavy atom. The first-order valence-electron chi connectivity index (χ1n) is 11.9. The summed E-state index contributed by atoms with van der Waals surface area (Å²) in [6.07, 6.45) is 4.44. The summed E-state index contributed by atoms with van der Waals surface area (Å²) < 4.78 is 13.8. The van der Waals surface area contributed by atoms with Crippen LogP contribution in [0.2, 0.25) is 0 Å². The van der Waals surface area contributed by atoms with E-state index in [2.05, 4.69) is 23.6 Å². The SMILES string of the molecule is C=CCC[C@H](O)CN(Cc1ccco1)Cc1c(-c2ccccc2)nn(C)c1Oc1cccc(C)c1. The van der Waals surface area contributed by atoms with Crippen molar-refractivity contribution in [2.24, 2.45) is 7.05 Å². The summed E-state index contributed by atoms with van der Waals surface area (Å²) in [6, 6.07) is 21.9. The highest BCUT2D eigenvalue weighted by molar-refractivity contribution is 5.65. The lowest BCUT2D eigenvalue weighted by Gasteiger charge is -2.24. The minimum absolute atomic E-state index is 0.485. The molecule has 0 amide bonds. The fourth-order valence-electron chi connectivity index (χ4n) is 4.17. The average Bonchev–Trinajstić information content (AvgIpc) is 3.47. The molecule has 0 saturated heterocycles. The summed E-state index contributed by atoms with van der Waals surface area (Å²) >= 11 is 0. The van der Waals surface area contributed by atoms with Crippen molar-refractivity contribution in [3.63, 3.8) is 0 Å². The molecule has 1 atom stereocenters. The number of benzene rings is 2. The molecular weight excluding hydrogens is 438 g/mol. The second-order valence-corrected chi connectivity index (χ2v) is 8.81. The molecule has 6 heteroatoms. The number of aliphatic hydroxyl groups excluding tert-OH is 1. The van der Waals surface area contributed by atoms with Gasteiger partial charge in [-0.15, -0.1) is 6.58 Å². The van der Waals surface area contributed by atoms with Gasteiger partial charge in [-0.1, -0.05) is 48.5 Å². The van der Waals surface area contributed by atoms with Gasteiger partial charge in [-0.2, -0.15) is 5.10 Å². The smallest absolute Gasteiger partial charge is 0.222 e. The second-order valence-electron chi connectivity index (χ2n) is 8.81. The van der Waals surface area contributed by atoms with E-state index >= 15 is 0 Å². The molecular formula is C29H33N3O3. The van der Waals surface area contributed by atoms with Crippen LogP contribution in [0.15, 0.2) is 90.1 Å². The van der Waals surface area contributed by atoms with E-state index in [1.165, 1.54) is 0 Å². The van der Waals surface area contributed by atoms with E-state index in [4.69, 9.17) is 14.3 Å². The predicted molar refractivity (Wildman–Crippen MR) is 138 cm³/mol. The Morgan fingerprint density at radius 1 is 1.11 bits per heavy atom. The van der Waals surface area contributed by atoms with Crippen molar-refractivity contribution in [1.29, 1.82) is 0 Å². The highest BCUT2D eigenvalue weighted by atomic mass is 16.5. The molecule has 0 aliphatic carbocycles. The predicted octanol–water partition coefficient (Wildman–Crippen LogP) is 6.11. The number of rotatable bonds is 12. The molecule has 0 fully saturated rings. The van der Waals surface area contributed by atoms with Crippen LogP contribution < -0.4 is 4.74 Å². The summed E-state index contributed by atoms with van der Waals surface area (Å²) in [5.74, 6) is 2.28. The first kappa shape index (κ1) is 24.5. The first-order valence-corrected chi connectivity index (χ1v) is 11.9. The number of furan rings is 1. The quantitative estimate of drug-likeness (QED) is 0.253. The molecule has 0 saturated carbocycles. The zero-order valence-electron chi connectivity index (χ0n) is 20.4. The van der Waals surface area contributed by atoms with Crippen LogP contribution in [0.3, 0.4) is 0 Å². The van der Waals surface area contributed by atoms with E-state index in [-0.39, 0.29) is 0 Å². The minimum Gasteiger partial charge on any atom is -0.468 e. The van der Waals surface area contributed by atoms with Crippen LogP contribution in [-0.4, -0.2) is 32.4 Å². The first-order chi connectivity index (χ1) is 17.0. The molecule has 1 N–H and O–H groups in total. The Hall–Kier alpha value is -3.61. The number of nitrogens with zero attached hydrogens (tertiary/aromatic N) is 3. The third-order valence-corrected chi connectivity index (χ3v) is 5.85. The Balaban J connectivity index is 1.71. The standard InChI is InChI=1S/C29H33N3O3/c1-4-5-14-24(33)19-32(20-26-16-10-17-34-26)21-27-28(23-12-7-6-8-13-23)30-31(3)29(27)35-25-15-9-11-22(2)18-25/h4,6-13,15-18,24,33H,1,5,14,19-21H2,2-3H3/t24-/m0/s1. The van der Waals surface area contributed by atoms with Crippen molar-refractivity contribution in [2.45, 2.75) is 39.0 Å². The number of allylic oxidation sites excluding steroid dienone is 1. The van der Waals surface area contributed by atoms with Crippen molar-refractivity contribution in [1.82, 2.24) is 14.7 Å². The lowest BCUT2D eigenvalue weighted by Crippen LogP contribution is -2.31. The molecule has 2 heterocycles. The average molecular weight is 472 g/mol. The molecule has 4 aromatic rings. The van der Waals surface area contributed by atoms with Gasteiger partial charge in [0, 0.05) is 25.7 Å². The molecule has 2 aromatic carbocycles. The van der Waals surface area contributed by atoms with Gasteiger partial charge in [0.05, 0.1) is 24.5 Å². The minimum atomic E-state index is -0.485. The van der Waals surface area contributed by atoms with Crippen LogP contribution >= 0.6 is 0 Å². The fourth-order valence-corrected chi connectivity index (χ4v) is 4.17. The molecule has 0 aliphatic rings. The normalized spacial score (nSPS) is 12.1. The van der Waals surface area contributed by atoms with Gasteiger partial charge >= 0.3 is 0 Å². The summed E-state index contributed by atoms with van der Waals surface area (Å²) in [4.78, 5) is 2.18. The van der Waals surface area contributed by atoms with Gasteiger partial charge in [0.25, 0.3) is 0 Å². The Bertz CT molecular complexity index is 1220. The van der Waals surface area contributed by atoms with E-state index in [1.54, 1.807) is 10.9 Å². The lowest BCUT2D eigenvalue weighted by atomic mass is 10.1. The maximum atomic E-state index is 10.7. The van der Waals surface area contributed by atoms with Crippen LogP contribution in [-0.2, 0) is 20.1 Å². The Labute approximate surface area is 207 Å². The van der Waals surface area contributed by atoms with Crippen molar-refractivity contribution in [2.75, 3.05) is 6.54 Å². The van der Waals surface area contributed by atoms with Gasteiger partial charge in [0.1, 0.15) is 17.2 Å². The number of aromatic nitrogens is 2. The van der Waals surface area contributed by atoms with Gasteiger partial charge in [-0.25, -0.2) is 4.68 Å². The van der Waals surface area contributed by atoms with Gasteiger partial charge in [-0.3, -0.25) is 4.90 Å². The second kappa shape index (κ2) is 11.7. The fraction of sp³-hybridized carbons (Fsp3) is 0.276. The van der Waals surface area contributed by atoms with Gasteiger partial charge in [0.15, 0.2) is 0 Å². The van der Waals surface area contributed by atoms with Gasteiger partial charge in [0.2, 0.25) is 5.88 Å². The molecule has 0 unspecified atom stereocenters. The summed E-state index contributed by atoms with van der Waals surface area (Å²) in [7, 11) is 1.90. The zero-order chi connectivity index (χ0) is 24.6. The molecule has 182 valence electrons. The van der Waals surface area contributed by atoms with Gasteiger partial charge in [-0.05, 0) is 49.6 Å². The third-order valence-electron chi connectivity index (χ3n) is 5.85. The monoisotopic (exact) mass is 471 g/mol. The molecule has 4 rings (SSSR count). The zero-order valence-corrected chi connectivity index (χ0v) is 20.4. The maximum Gasteiger partial charge on any atom is 0.222 e. The van der Waals surface area contributed by atoms with Gasteiger partial charge < -0.3 is 14.3 Å². The maximum absolute atomic E-state index is 10.7. The van der Waals surface area contributed by atoms with Crippen molar-refractivity contribution < 1.29 is 14.3 Å². The van der Waals surface area contributed by atoms with Crippen LogP contribution in [0, 0.1) is 6.92 Å². The molecule has 6 nitrogen and oxygen atoms in total. The van der Waals surface area contributed by atoms with Crippen molar-refractivity contribution in [3.05, 3.63) is 103 Å². The number of hydrogen-bond acceptors (Lipinski definition) is 5. The lowest BCUT2D eigenvalue weighted by molar-refractivity contribution is 0.0941. The van der Waals surface area contributed by atoms with E-state index < -0.39 is 6.10 Å². The van der Waals surface area contributed by atoms with E-state index in [0.29, 0.717) is 31.9 Å². The number of ether oxygens (including phenoxy) is 1. The molecule has 0 bridgehead atoms. The Morgan fingerprint density at radius 3 is 2.66 bits per heavy atom.